The molecule has 1 fully saturated rings. The summed E-state index contributed by atoms with van der Waals surface area (Å²) in [5, 5.41) is 0. The molecule has 16 heavy (non-hydrogen) atoms. The fourth-order valence-corrected chi connectivity index (χ4v) is 2.46. The van der Waals surface area contributed by atoms with Crippen molar-refractivity contribution >= 4 is 7.82 Å². The van der Waals surface area contributed by atoms with E-state index in [1.807, 2.05) is 0 Å². The van der Waals surface area contributed by atoms with E-state index in [1.165, 1.54) is 0 Å². The van der Waals surface area contributed by atoms with E-state index in [-0.39, 0.29) is 19.0 Å². The largest absolute Gasteiger partial charge is 0.530 e. The summed E-state index contributed by atoms with van der Waals surface area (Å²) in [5.41, 5.74) is 0. The van der Waals surface area contributed by atoms with Crippen LogP contribution in [0.2, 0.25) is 0 Å². The Hall–Kier alpha value is -0.970. The molecule has 7 heteroatoms. The zero-order chi connectivity index (χ0) is 11.6. The summed E-state index contributed by atoms with van der Waals surface area (Å²) in [6.45, 7) is 0.462. The zero-order valence-corrected chi connectivity index (χ0v) is 9.08. The quantitative estimate of drug-likeness (QED) is 0.757. The average Bonchev–Trinajstić information content (AvgIpc) is 2.15. The second kappa shape index (κ2) is 4.49. The van der Waals surface area contributed by atoms with Crippen molar-refractivity contribution in [2.75, 3.05) is 13.2 Å². The van der Waals surface area contributed by atoms with Crippen molar-refractivity contribution in [1.29, 1.82) is 0 Å². The van der Waals surface area contributed by atoms with Crippen LogP contribution in [0.25, 0.3) is 0 Å². The molecular weight excluding hydrogens is 241 g/mol. The van der Waals surface area contributed by atoms with E-state index in [0.29, 0.717) is 12.5 Å². The lowest BCUT2D eigenvalue weighted by Crippen LogP contribution is -2.11. The van der Waals surface area contributed by atoms with Crippen LogP contribution in [0.4, 0.5) is 8.78 Å². The van der Waals surface area contributed by atoms with E-state index in [9.17, 15) is 13.3 Å². The molecular formula is C9H9F2O4P. The Morgan fingerprint density at radius 1 is 1.12 bits per heavy atom. The fourth-order valence-electron chi connectivity index (χ4n) is 1.21. The van der Waals surface area contributed by atoms with Gasteiger partial charge in [-0.3, -0.25) is 9.05 Å². The number of hydrogen-bond acceptors (Lipinski definition) is 4. The van der Waals surface area contributed by atoms with Gasteiger partial charge in [0.15, 0.2) is 0 Å². The van der Waals surface area contributed by atoms with Gasteiger partial charge in [-0.1, -0.05) is 0 Å². The number of rotatable bonds is 2. The molecule has 1 aliphatic heterocycles. The van der Waals surface area contributed by atoms with Crippen molar-refractivity contribution in [1.82, 2.24) is 0 Å². The van der Waals surface area contributed by atoms with Gasteiger partial charge in [-0.2, -0.15) is 0 Å². The van der Waals surface area contributed by atoms with E-state index in [0.717, 1.165) is 12.1 Å². The van der Waals surface area contributed by atoms with Gasteiger partial charge in [0.2, 0.25) is 0 Å². The molecule has 88 valence electrons. The van der Waals surface area contributed by atoms with Crippen LogP contribution in [0.3, 0.4) is 0 Å². The summed E-state index contributed by atoms with van der Waals surface area (Å²) in [6.07, 6.45) is 0.602. The van der Waals surface area contributed by atoms with E-state index < -0.39 is 19.5 Å². The Kier molecular flexibility index (Phi) is 3.23. The number of hydrogen-bond donors (Lipinski definition) is 0. The van der Waals surface area contributed by atoms with Gasteiger partial charge in [-0.05, 0) is 6.42 Å². The van der Waals surface area contributed by atoms with Crippen molar-refractivity contribution in [2.24, 2.45) is 0 Å². The molecule has 1 heterocycles. The molecule has 2 rings (SSSR count). The molecule has 0 N–H and O–H groups in total. The summed E-state index contributed by atoms with van der Waals surface area (Å²) in [4.78, 5) is 0. The minimum Gasteiger partial charge on any atom is -0.404 e. The van der Waals surface area contributed by atoms with Gasteiger partial charge in [-0.25, -0.2) is 13.3 Å². The summed E-state index contributed by atoms with van der Waals surface area (Å²) in [6, 6.07) is 2.50. The molecule has 1 aromatic carbocycles. The molecule has 0 aromatic heterocycles. The third-order valence-electron chi connectivity index (χ3n) is 1.84. The Morgan fingerprint density at radius 2 is 1.69 bits per heavy atom. The first-order valence-electron chi connectivity index (χ1n) is 4.62. The van der Waals surface area contributed by atoms with Gasteiger partial charge in [0.1, 0.15) is 17.4 Å². The first-order valence-corrected chi connectivity index (χ1v) is 6.08. The smallest absolute Gasteiger partial charge is 0.404 e. The van der Waals surface area contributed by atoms with Crippen molar-refractivity contribution in [2.45, 2.75) is 6.42 Å². The second-order valence-electron chi connectivity index (χ2n) is 3.16. The number of phosphoric ester groups is 1. The lowest BCUT2D eigenvalue weighted by Gasteiger charge is -2.22. The monoisotopic (exact) mass is 250 g/mol. The van der Waals surface area contributed by atoms with Gasteiger partial charge in [-0.15, -0.1) is 0 Å². The first kappa shape index (κ1) is 11.5. The highest BCUT2D eigenvalue weighted by molar-refractivity contribution is 7.49. The maximum atomic E-state index is 12.8. The van der Waals surface area contributed by atoms with E-state index in [1.54, 1.807) is 0 Å². The van der Waals surface area contributed by atoms with E-state index in [2.05, 4.69) is 0 Å². The maximum absolute atomic E-state index is 12.8. The van der Waals surface area contributed by atoms with Crippen LogP contribution in [-0.4, -0.2) is 13.2 Å². The number of benzene rings is 1. The molecule has 1 aliphatic rings. The minimum absolute atomic E-state index is 0.220. The maximum Gasteiger partial charge on any atom is 0.530 e. The van der Waals surface area contributed by atoms with Crippen molar-refractivity contribution in [3.8, 4) is 5.75 Å². The third-order valence-corrected chi connectivity index (χ3v) is 3.27. The topological polar surface area (TPSA) is 44.8 Å². The molecule has 0 amide bonds. The lowest BCUT2D eigenvalue weighted by atomic mass is 10.3. The Balaban J connectivity index is 2.16. The van der Waals surface area contributed by atoms with Crippen molar-refractivity contribution in [3.05, 3.63) is 29.8 Å². The Labute approximate surface area is 90.7 Å². The predicted octanol–water partition coefficient (Wildman–Crippen LogP) is 2.89. The highest BCUT2D eigenvalue weighted by atomic mass is 31.2. The molecule has 4 nitrogen and oxygen atoms in total. The number of halogens is 2. The molecule has 0 saturated carbocycles. The predicted molar refractivity (Wildman–Crippen MR) is 51.1 cm³/mol. The molecule has 0 radical (unpaired) electrons. The van der Waals surface area contributed by atoms with Gasteiger partial charge >= 0.3 is 7.82 Å². The van der Waals surface area contributed by atoms with Crippen LogP contribution < -0.4 is 4.52 Å². The van der Waals surface area contributed by atoms with Crippen LogP contribution in [0, 0.1) is 11.6 Å². The highest BCUT2D eigenvalue weighted by Gasteiger charge is 2.31. The minimum atomic E-state index is -3.71. The van der Waals surface area contributed by atoms with Gasteiger partial charge < -0.3 is 4.52 Å². The van der Waals surface area contributed by atoms with E-state index >= 15 is 0 Å². The molecule has 0 bridgehead atoms. The molecule has 0 aliphatic carbocycles. The van der Waals surface area contributed by atoms with Crippen LogP contribution in [-0.2, 0) is 13.6 Å². The fraction of sp³-hybridized carbons (Fsp3) is 0.333. The Bertz CT molecular complexity index is 407. The molecule has 0 spiro atoms. The van der Waals surface area contributed by atoms with Crippen LogP contribution in [0.15, 0.2) is 18.2 Å². The van der Waals surface area contributed by atoms with Crippen LogP contribution in [0.5, 0.6) is 5.75 Å². The lowest BCUT2D eigenvalue weighted by molar-refractivity contribution is 0.106. The Morgan fingerprint density at radius 3 is 2.25 bits per heavy atom. The van der Waals surface area contributed by atoms with E-state index in [4.69, 9.17) is 13.6 Å². The summed E-state index contributed by atoms with van der Waals surface area (Å²) in [5.74, 6) is -1.86. The van der Waals surface area contributed by atoms with Crippen LogP contribution in [0.1, 0.15) is 6.42 Å². The summed E-state index contributed by atoms with van der Waals surface area (Å²) >= 11 is 0. The SMILES string of the molecule is O=P1(Oc2cc(F)cc(F)c2)OCCCO1. The summed E-state index contributed by atoms with van der Waals surface area (Å²) in [7, 11) is -3.71. The first-order chi connectivity index (χ1) is 7.57. The molecule has 1 saturated heterocycles. The van der Waals surface area contributed by atoms with Crippen LogP contribution >= 0.6 is 7.82 Å². The van der Waals surface area contributed by atoms with Gasteiger partial charge in [0, 0.05) is 18.2 Å². The van der Waals surface area contributed by atoms with Crippen molar-refractivity contribution < 1.29 is 26.9 Å². The third kappa shape index (κ3) is 2.78. The highest BCUT2D eigenvalue weighted by Crippen LogP contribution is 2.51. The van der Waals surface area contributed by atoms with Gasteiger partial charge in [0.25, 0.3) is 0 Å². The molecule has 0 unspecified atom stereocenters. The zero-order valence-electron chi connectivity index (χ0n) is 8.19. The second-order valence-corrected chi connectivity index (χ2v) is 4.76. The molecule has 0 atom stereocenters. The van der Waals surface area contributed by atoms with Gasteiger partial charge in [0.05, 0.1) is 13.2 Å². The summed E-state index contributed by atoms with van der Waals surface area (Å²) < 4.78 is 51.8. The average molecular weight is 250 g/mol. The van der Waals surface area contributed by atoms with Crippen molar-refractivity contribution in [3.63, 3.8) is 0 Å². The standard InChI is InChI=1S/C9H9F2O4P/c10-7-4-8(11)6-9(5-7)15-16(12)13-2-1-3-14-16/h4-6H,1-3H2. The molecule has 1 aromatic rings. The normalized spacial score (nSPS) is 19.4. The number of phosphoric acid groups is 1.